The van der Waals surface area contributed by atoms with E-state index < -0.39 is 0 Å². The number of benzene rings is 1. The molecule has 1 aromatic carbocycles. The highest BCUT2D eigenvalue weighted by atomic mass is 16.1. The Balaban J connectivity index is 1.78. The highest BCUT2D eigenvalue weighted by molar-refractivity contribution is 5.88. The predicted octanol–water partition coefficient (Wildman–Crippen LogP) is 3.32. The standard InChI is InChI=1S/C22H19N5O2/c1-15-11-21-25-19(9-8-17-5-4-10-23-14-17)13-22(29)27(21)26(15)20-7-3-6-18(12-20)24-16(2)28/h3-14H,1-2H3,(H,24,28)/b9-8+. The van der Waals surface area contributed by atoms with Gasteiger partial charge in [-0.15, -0.1) is 0 Å². The molecule has 0 fully saturated rings. The second-order valence-corrected chi connectivity index (χ2v) is 6.64. The number of aromatic nitrogens is 4. The highest BCUT2D eigenvalue weighted by Gasteiger charge is 2.12. The largest absolute Gasteiger partial charge is 0.326 e. The van der Waals surface area contributed by atoms with Crippen LogP contribution in [-0.2, 0) is 4.79 Å². The summed E-state index contributed by atoms with van der Waals surface area (Å²) in [6, 6.07) is 14.4. The van der Waals surface area contributed by atoms with Crippen molar-refractivity contribution < 1.29 is 4.79 Å². The van der Waals surface area contributed by atoms with Gasteiger partial charge >= 0.3 is 0 Å². The molecule has 144 valence electrons. The van der Waals surface area contributed by atoms with Gasteiger partial charge < -0.3 is 5.32 Å². The van der Waals surface area contributed by atoms with Gasteiger partial charge in [0.2, 0.25) is 5.91 Å². The van der Waals surface area contributed by atoms with Crippen LogP contribution in [0.1, 0.15) is 23.9 Å². The summed E-state index contributed by atoms with van der Waals surface area (Å²) in [5.74, 6) is -0.153. The van der Waals surface area contributed by atoms with Crippen LogP contribution in [0.3, 0.4) is 0 Å². The maximum Gasteiger partial charge on any atom is 0.273 e. The summed E-state index contributed by atoms with van der Waals surface area (Å²) in [7, 11) is 0. The number of fused-ring (bicyclic) bond motifs is 1. The Morgan fingerprint density at radius 2 is 1.97 bits per heavy atom. The summed E-state index contributed by atoms with van der Waals surface area (Å²) in [6.07, 6.45) is 7.11. The molecule has 0 saturated heterocycles. The number of aryl methyl sites for hydroxylation is 1. The lowest BCUT2D eigenvalue weighted by Crippen LogP contribution is -2.21. The van der Waals surface area contributed by atoms with Crippen LogP contribution in [0.25, 0.3) is 23.5 Å². The lowest BCUT2D eigenvalue weighted by Gasteiger charge is -2.11. The van der Waals surface area contributed by atoms with Gasteiger partial charge in [0.1, 0.15) is 0 Å². The third-order valence-electron chi connectivity index (χ3n) is 4.35. The van der Waals surface area contributed by atoms with E-state index in [1.165, 1.54) is 17.5 Å². The smallest absolute Gasteiger partial charge is 0.273 e. The molecule has 0 aliphatic rings. The number of carbonyl (C=O) groups excluding carboxylic acids is 1. The zero-order chi connectivity index (χ0) is 20.4. The van der Waals surface area contributed by atoms with Crippen molar-refractivity contribution in [2.75, 3.05) is 5.32 Å². The predicted molar refractivity (Wildman–Crippen MR) is 113 cm³/mol. The Labute approximate surface area is 167 Å². The fourth-order valence-corrected chi connectivity index (χ4v) is 3.19. The van der Waals surface area contributed by atoms with Crippen molar-refractivity contribution in [1.29, 1.82) is 0 Å². The van der Waals surface area contributed by atoms with Crippen molar-refractivity contribution in [2.24, 2.45) is 0 Å². The van der Waals surface area contributed by atoms with Gasteiger partial charge in [-0.25, -0.2) is 9.67 Å². The molecule has 0 radical (unpaired) electrons. The van der Waals surface area contributed by atoms with Crippen LogP contribution in [0.2, 0.25) is 0 Å². The van der Waals surface area contributed by atoms with E-state index in [1.807, 2.05) is 49.4 Å². The van der Waals surface area contributed by atoms with Crippen molar-refractivity contribution in [2.45, 2.75) is 13.8 Å². The molecule has 1 N–H and O–H groups in total. The number of pyridine rings is 1. The zero-order valence-electron chi connectivity index (χ0n) is 16.0. The SMILES string of the molecule is CC(=O)Nc1cccc(-n2c(C)cc3nc(/C=C/c4cccnc4)cc(=O)n32)c1. The Kier molecular flexibility index (Phi) is 4.78. The van der Waals surface area contributed by atoms with E-state index in [0.29, 0.717) is 17.0 Å². The van der Waals surface area contributed by atoms with Crippen molar-refractivity contribution in [3.63, 3.8) is 0 Å². The quantitative estimate of drug-likeness (QED) is 0.584. The highest BCUT2D eigenvalue weighted by Crippen LogP contribution is 2.18. The van der Waals surface area contributed by atoms with E-state index >= 15 is 0 Å². The molecule has 4 aromatic rings. The topological polar surface area (TPSA) is 81.3 Å². The number of nitrogens with one attached hydrogen (secondary N) is 1. The van der Waals surface area contributed by atoms with Crippen LogP contribution in [-0.4, -0.2) is 25.1 Å². The minimum Gasteiger partial charge on any atom is -0.326 e. The molecule has 4 rings (SSSR count). The first-order valence-corrected chi connectivity index (χ1v) is 9.10. The second kappa shape index (κ2) is 7.55. The summed E-state index contributed by atoms with van der Waals surface area (Å²) in [4.78, 5) is 32.9. The summed E-state index contributed by atoms with van der Waals surface area (Å²) in [6.45, 7) is 3.36. The normalized spacial score (nSPS) is 11.2. The molecule has 0 spiro atoms. The van der Waals surface area contributed by atoms with E-state index in [9.17, 15) is 9.59 Å². The summed E-state index contributed by atoms with van der Waals surface area (Å²) < 4.78 is 3.30. The third-order valence-corrected chi connectivity index (χ3v) is 4.35. The maximum atomic E-state index is 12.9. The molecule has 0 bridgehead atoms. The molecule has 7 heteroatoms. The average Bonchev–Trinajstić information content (AvgIpc) is 3.03. The van der Waals surface area contributed by atoms with Crippen LogP contribution in [0, 0.1) is 6.92 Å². The molecule has 0 atom stereocenters. The van der Waals surface area contributed by atoms with E-state index in [1.54, 1.807) is 29.2 Å². The van der Waals surface area contributed by atoms with Crippen LogP contribution >= 0.6 is 0 Å². The Morgan fingerprint density at radius 1 is 1.10 bits per heavy atom. The summed E-state index contributed by atoms with van der Waals surface area (Å²) >= 11 is 0. The molecule has 0 saturated carbocycles. The monoisotopic (exact) mass is 385 g/mol. The van der Waals surface area contributed by atoms with Gasteiger partial charge in [-0.2, -0.15) is 4.52 Å². The average molecular weight is 385 g/mol. The maximum absolute atomic E-state index is 12.9. The molecule has 0 aliphatic heterocycles. The number of rotatable bonds is 4. The van der Waals surface area contributed by atoms with Crippen molar-refractivity contribution in [3.8, 4) is 5.69 Å². The lowest BCUT2D eigenvalue weighted by molar-refractivity contribution is -0.114. The van der Waals surface area contributed by atoms with Crippen molar-refractivity contribution in [1.82, 2.24) is 19.2 Å². The zero-order valence-corrected chi connectivity index (χ0v) is 16.0. The molecule has 3 heterocycles. The summed E-state index contributed by atoms with van der Waals surface area (Å²) in [5.41, 5.74) is 4.12. The van der Waals surface area contributed by atoms with Gasteiger partial charge in [-0.1, -0.05) is 18.2 Å². The minimum atomic E-state index is -0.195. The van der Waals surface area contributed by atoms with Gasteiger partial charge in [0, 0.05) is 42.8 Å². The van der Waals surface area contributed by atoms with Crippen LogP contribution in [0.5, 0.6) is 0 Å². The molecule has 0 aliphatic carbocycles. The molecule has 29 heavy (non-hydrogen) atoms. The molecular weight excluding hydrogens is 366 g/mol. The number of amides is 1. The lowest BCUT2D eigenvalue weighted by atomic mass is 10.2. The van der Waals surface area contributed by atoms with E-state index in [4.69, 9.17) is 0 Å². The molecule has 0 unspecified atom stereocenters. The fourth-order valence-electron chi connectivity index (χ4n) is 3.19. The number of hydrogen-bond donors (Lipinski definition) is 1. The number of anilines is 1. The minimum absolute atomic E-state index is 0.153. The van der Waals surface area contributed by atoms with E-state index in [-0.39, 0.29) is 11.5 Å². The Bertz CT molecular complexity index is 1290. The Hall–Kier alpha value is -4.00. The number of carbonyl (C=O) groups is 1. The van der Waals surface area contributed by atoms with E-state index in [2.05, 4.69) is 15.3 Å². The van der Waals surface area contributed by atoms with Crippen molar-refractivity contribution in [3.05, 3.63) is 88.2 Å². The first-order chi connectivity index (χ1) is 14.0. The molecule has 1 amide bonds. The van der Waals surface area contributed by atoms with Gasteiger partial charge in [-0.3, -0.25) is 14.6 Å². The number of hydrogen-bond acceptors (Lipinski definition) is 4. The Morgan fingerprint density at radius 3 is 2.72 bits per heavy atom. The van der Waals surface area contributed by atoms with Gasteiger partial charge in [0.05, 0.1) is 11.4 Å². The van der Waals surface area contributed by atoms with Gasteiger partial charge in [0.15, 0.2) is 5.65 Å². The first-order valence-electron chi connectivity index (χ1n) is 9.10. The van der Waals surface area contributed by atoms with Gasteiger partial charge in [0.25, 0.3) is 5.56 Å². The number of nitrogens with zero attached hydrogens (tertiary/aromatic N) is 4. The van der Waals surface area contributed by atoms with Crippen LogP contribution < -0.4 is 10.9 Å². The summed E-state index contributed by atoms with van der Waals surface area (Å²) in [5, 5.41) is 2.76. The van der Waals surface area contributed by atoms with E-state index in [0.717, 1.165) is 16.9 Å². The van der Waals surface area contributed by atoms with Crippen molar-refractivity contribution >= 4 is 29.4 Å². The first kappa shape index (κ1) is 18.4. The third kappa shape index (κ3) is 3.84. The van der Waals surface area contributed by atoms with Gasteiger partial charge in [-0.05, 0) is 42.8 Å². The van der Waals surface area contributed by atoms with Crippen LogP contribution in [0.15, 0.2) is 65.7 Å². The molecule has 3 aromatic heterocycles. The molecule has 7 nitrogen and oxygen atoms in total. The second-order valence-electron chi connectivity index (χ2n) is 6.64. The van der Waals surface area contributed by atoms with Crippen LogP contribution in [0.4, 0.5) is 5.69 Å². The molecular formula is C22H19N5O2. The fraction of sp³-hybridized carbons (Fsp3) is 0.0909.